The van der Waals surface area contributed by atoms with Gasteiger partial charge in [-0.25, -0.2) is 0 Å². The van der Waals surface area contributed by atoms with E-state index in [4.69, 9.17) is 11.6 Å². The van der Waals surface area contributed by atoms with Gasteiger partial charge < -0.3 is 4.90 Å². The van der Waals surface area contributed by atoms with Crippen LogP contribution in [0.5, 0.6) is 0 Å². The van der Waals surface area contributed by atoms with Gasteiger partial charge in [-0.3, -0.25) is 4.79 Å². The van der Waals surface area contributed by atoms with Crippen molar-refractivity contribution in [2.75, 3.05) is 13.6 Å². The Labute approximate surface area is 113 Å². The molecule has 1 amide bonds. The van der Waals surface area contributed by atoms with E-state index in [1.807, 2.05) is 18.5 Å². The van der Waals surface area contributed by atoms with E-state index in [1.54, 1.807) is 4.90 Å². The van der Waals surface area contributed by atoms with Crippen molar-refractivity contribution in [3.63, 3.8) is 0 Å². The van der Waals surface area contributed by atoms with Crippen molar-refractivity contribution in [2.45, 2.75) is 18.2 Å². The summed E-state index contributed by atoms with van der Waals surface area (Å²) in [7, 11) is 1.86. The third-order valence-electron chi connectivity index (χ3n) is 2.87. The molecule has 1 aliphatic carbocycles. The first-order valence-electron chi connectivity index (χ1n) is 5.20. The second-order valence-electron chi connectivity index (χ2n) is 4.22. The van der Waals surface area contributed by atoms with Crippen LogP contribution >= 0.6 is 38.9 Å². The predicted molar refractivity (Wildman–Crippen MR) is 71.3 cm³/mol. The highest BCUT2D eigenvalue weighted by molar-refractivity contribution is 9.10. The molecule has 0 N–H and O–H groups in total. The van der Waals surface area contributed by atoms with E-state index < -0.39 is 0 Å². The fourth-order valence-electron chi connectivity index (χ4n) is 1.89. The summed E-state index contributed by atoms with van der Waals surface area (Å²) in [4.78, 5) is 14.6. The topological polar surface area (TPSA) is 20.3 Å². The van der Waals surface area contributed by atoms with Gasteiger partial charge in [-0.05, 0) is 46.1 Å². The maximum Gasteiger partial charge on any atom is 0.264 e. The number of nitrogens with zero attached hydrogens (tertiary/aromatic N) is 1. The minimum absolute atomic E-state index is 0.0971. The third-order valence-corrected chi connectivity index (χ3v) is 5.05. The van der Waals surface area contributed by atoms with Gasteiger partial charge in [0.1, 0.15) is 4.88 Å². The van der Waals surface area contributed by atoms with Crippen LogP contribution < -0.4 is 0 Å². The van der Waals surface area contributed by atoms with Crippen molar-refractivity contribution in [3.05, 3.63) is 20.8 Å². The summed E-state index contributed by atoms with van der Waals surface area (Å²) in [5.41, 5.74) is 0. The molecule has 2 nitrogen and oxygen atoms in total. The van der Waals surface area contributed by atoms with Gasteiger partial charge in [0.15, 0.2) is 0 Å². The molecule has 0 radical (unpaired) electrons. The molecule has 0 atom stereocenters. The molecule has 0 bridgehead atoms. The van der Waals surface area contributed by atoms with Gasteiger partial charge in [0.2, 0.25) is 0 Å². The summed E-state index contributed by atoms with van der Waals surface area (Å²) < 4.78 is 0.887. The molecule has 2 rings (SSSR count). The van der Waals surface area contributed by atoms with Crippen LogP contribution in [0.2, 0.25) is 0 Å². The molecule has 1 aliphatic rings. The van der Waals surface area contributed by atoms with Gasteiger partial charge in [0, 0.05) is 23.4 Å². The fourth-order valence-corrected chi connectivity index (χ4v) is 3.93. The summed E-state index contributed by atoms with van der Waals surface area (Å²) in [6.07, 6.45) is 2.07. The van der Waals surface area contributed by atoms with Crippen molar-refractivity contribution in [1.82, 2.24) is 4.90 Å². The molecule has 1 saturated carbocycles. The van der Waals surface area contributed by atoms with Gasteiger partial charge >= 0.3 is 0 Å². The third kappa shape index (κ3) is 2.60. The van der Waals surface area contributed by atoms with Gasteiger partial charge in [0.25, 0.3) is 5.91 Å². The average molecular weight is 323 g/mol. The Morgan fingerprint density at radius 3 is 2.88 bits per heavy atom. The molecule has 0 aromatic carbocycles. The number of rotatable bonds is 3. The van der Waals surface area contributed by atoms with Crippen molar-refractivity contribution >= 4 is 44.8 Å². The molecular weight excluding hydrogens is 310 g/mol. The fraction of sp³-hybridized carbons (Fsp3) is 0.545. The molecule has 88 valence electrons. The standard InChI is InChI=1S/C11H13BrClNOS/c1-14(6-7-4-8(13)5-7)11(15)10-9(12)2-3-16-10/h2-3,7-8H,4-6H2,1H3. The van der Waals surface area contributed by atoms with E-state index in [9.17, 15) is 4.79 Å². The molecule has 1 heterocycles. The summed E-state index contributed by atoms with van der Waals surface area (Å²) in [5.74, 6) is 0.676. The molecular formula is C11H13BrClNOS. The van der Waals surface area contributed by atoms with Crippen molar-refractivity contribution in [1.29, 1.82) is 0 Å². The SMILES string of the molecule is CN(CC1CC(Cl)C1)C(=O)c1sccc1Br. The van der Waals surface area contributed by atoms with E-state index in [0.29, 0.717) is 11.3 Å². The Bertz CT molecular complexity index is 389. The average Bonchev–Trinajstić information content (AvgIpc) is 2.61. The number of halogens is 2. The lowest BCUT2D eigenvalue weighted by molar-refractivity contribution is 0.0751. The lowest BCUT2D eigenvalue weighted by atomic mass is 9.84. The minimum Gasteiger partial charge on any atom is -0.341 e. The Hall–Kier alpha value is -0.0600. The molecule has 0 saturated heterocycles. The van der Waals surface area contributed by atoms with Crippen LogP contribution in [0.4, 0.5) is 0 Å². The van der Waals surface area contributed by atoms with Crippen LogP contribution in [0.15, 0.2) is 15.9 Å². The number of hydrogen-bond acceptors (Lipinski definition) is 2. The predicted octanol–water partition coefficient (Wildman–Crippen LogP) is 3.60. The second kappa shape index (κ2) is 5.07. The number of alkyl halides is 1. The number of carbonyl (C=O) groups excluding carboxylic acids is 1. The highest BCUT2D eigenvalue weighted by Crippen LogP contribution is 2.33. The summed E-state index contributed by atoms with van der Waals surface area (Å²) in [5, 5.41) is 2.24. The van der Waals surface area contributed by atoms with E-state index in [1.165, 1.54) is 11.3 Å². The zero-order valence-electron chi connectivity index (χ0n) is 8.95. The Kier molecular flexibility index (Phi) is 3.93. The number of thiophene rings is 1. The van der Waals surface area contributed by atoms with E-state index in [2.05, 4.69) is 15.9 Å². The first kappa shape index (κ1) is 12.4. The molecule has 1 aromatic rings. The Morgan fingerprint density at radius 1 is 1.69 bits per heavy atom. The van der Waals surface area contributed by atoms with Crippen LogP contribution in [0, 0.1) is 5.92 Å². The van der Waals surface area contributed by atoms with Crippen molar-refractivity contribution in [3.8, 4) is 0 Å². The van der Waals surface area contributed by atoms with Gasteiger partial charge in [-0.15, -0.1) is 22.9 Å². The molecule has 1 fully saturated rings. The second-order valence-corrected chi connectivity index (χ2v) is 6.61. The van der Waals surface area contributed by atoms with Crippen LogP contribution in [0.3, 0.4) is 0 Å². The molecule has 1 aromatic heterocycles. The van der Waals surface area contributed by atoms with Crippen LogP contribution in [0.1, 0.15) is 22.5 Å². The van der Waals surface area contributed by atoms with E-state index >= 15 is 0 Å². The van der Waals surface area contributed by atoms with Crippen LogP contribution in [0.25, 0.3) is 0 Å². The molecule has 0 unspecified atom stereocenters. The van der Waals surface area contributed by atoms with E-state index in [0.717, 1.165) is 28.7 Å². The molecule has 16 heavy (non-hydrogen) atoms. The number of amides is 1. The number of hydrogen-bond donors (Lipinski definition) is 0. The molecule has 0 aliphatic heterocycles. The van der Waals surface area contributed by atoms with Crippen molar-refractivity contribution in [2.24, 2.45) is 5.92 Å². The summed E-state index contributed by atoms with van der Waals surface area (Å²) in [6, 6.07) is 1.91. The highest BCUT2D eigenvalue weighted by Gasteiger charge is 2.29. The monoisotopic (exact) mass is 321 g/mol. The zero-order valence-corrected chi connectivity index (χ0v) is 12.1. The molecule has 5 heteroatoms. The first-order chi connectivity index (χ1) is 7.58. The van der Waals surface area contributed by atoms with E-state index in [-0.39, 0.29) is 5.91 Å². The maximum absolute atomic E-state index is 12.1. The van der Waals surface area contributed by atoms with Crippen molar-refractivity contribution < 1.29 is 4.79 Å². The highest BCUT2D eigenvalue weighted by atomic mass is 79.9. The lowest BCUT2D eigenvalue weighted by Gasteiger charge is -2.34. The quantitative estimate of drug-likeness (QED) is 0.779. The van der Waals surface area contributed by atoms with Gasteiger partial charge in [-0.2, -0.15) is 0 Å². The normalized spacial score (nSPS) is 23.9. The maximum atomic E-state index is 12.1. The van der Waals surface area contributed by atoms with Crippen LogP contribution in [-0.2, 0) is 0 Å². The van der Waals surface area contributed by atoms with Crippen LogP contribution in [-0.4, -0.2) is 29.8 Å². The lowest BCUT2D eigenvalue weighted by Crippen LogP contribution is -2.37. The van der Waals surface area contributed by atoms with Gasteiger partial charge in [0.05, 0.1) is 0 Å². The molecule has 0 spiro atoms. The minimum atomic E-state index is 0.0971. The first-order valence-corrected chi connectivity index (χ1v) is 7.31. The smallest absolute Gasteiger partial charge is 0.264 e. The van der Waals surface area contributed by atoms with Gasteiger partial charge in [-0.1, -0.05) is 0 Å². The summed E-state index contributed by atoms with van der Waals surface area (Å²) in [6.45, 7) is 0.812. The largest absolute Gasteiger partial charge is 0.341 e. The summed E-state index contributed by atoms with van der Waals surface area (Å²) >= 11 is 10.8. The Morgan fingerprint density at radius 2 is 2.38 bits per heavy atom. The number of carbonyl (C=O) groups is 1. The zero-order chi connectivity index (χ0) is 11.7. The Balaban J connectivity index is 1.92.